The molecule has 1 aromatic rings. The molecule has 0 fully saturated rings. The summed E-state index contributed by atoms with van der Waals surface area (Å²) in [6.45, 7) is 5.55. The zero-order valence-corrected chi connectivity index (χ0v) is 10.1. The van der Waals surface area contributed by atoms with E-state index in [1.54, 1.807) is 11.3 Å². The van der Waals surface area contributed by atoms with Crippen molar-refractivity contribution >= 4 is 17.3 Å². The van der Waals surface area contributed by atoms with Gasteiger partial charge in [-0.05, 0) is 32.2 Å². The maximum absolute atomic E-state index is 11.5. The van der Waals surface area contributed by atoms with Crippen LogP contribution in [0.15, 0.2) is 17.5 Å². The molecule has 0 saturated heterocycles. The van der Waals surface area contributed by atoms with Gasteiger partial charge in [0.2, 0.25) is 0 Å². The summed E-state index contributed by atoms with van der Waals surface area (Å²) in [6, 6.07) is 3.61. The third kappa shape index (κ3) is 4.44. The maximum atomic E-state index is 11.5. The van der Waals surface area contributed by atoms with Crippen molar-refractivity contribution in [1.29, 1.82) is 0 Å². The van der Waals surface area contributed by atoms with Gasteiger partial charge >= 0.3 is 5.97 Å². The lowest BCUT2D eigenvalue weighted by atomic mass is 10.1. The molecular weight excluding hydrogens is 210 g/mol. The SMILES string of the molecule is CC(C)(C)OC(=O)CC(N)c1cccs1. The molecular formula is C11H17NO2S. The highest BCUT2D eigenvalue weighted by molar-refractivity contribution is 7.10. The molecule has 15 heavy (non-hydrogen) atoms. The summed E-state index contributed by atoms with van der Waals surface area (Å²) in [4.78, 5) is 12.5. The number of esters is 1. The molecule has 3 nitrogen and oxygen atoms in total. The monoisotopic (exact) mass is 227 g/mol. The van der Waals surface area contributed by atoms with Crippen LogP contribution in [0.4, 0.5) is 0 Å². The first-order valence-corrected chi connectivity index (χ1v) is 5.77. The van der Waals surface area contributed by atoms with E-state index in [1.807, 2.05) is 38.3 Å². The Morgan fingerprint density at radius 2 is 2.27 bits per heavy atom. The van der Waals surface area contributed by atoms with Crippen LogP contribution in [-0.4, -0.2) is 11.6 Å². The predicted octanol–water partition coefficient (Wildman–Crippen LogP) is 2.48. The quantitative estimate of drug-likeness (QED) is 0.807. The molecule has 1 atom stereocenters. The summed E-state index contributed by atoms with van der Waals surface area (Å²) in [5.74, 6) is -0.247. The molecule has 1 aromatic heterocycles. The number of rotatable bonds is 3. The normalized spacial score (nSPS) is 13.6. The first kappa shape index (κ1) is 12.2. The summed E-state index contributed by atoms with van der Waals surface area (Å²) in [6.07, 6.45) is 0.234. The molecule has 1 heterocycles. The van der Waals surface area contributed by atoms with Crippen LogP contribution < -0.4 is 5.73 Å². The second-order valence-corrected chi connectivity index (χ2v) is 5.39. The van der Waals surface area contributed by atoms with Gasteiger partial charge in [0.05, 0.1) is 6.42 Å². The van der Waals surface area contributed by atoms with E-state index in [2.05, 4.69) is 0 Å². The van der Waals surface area contributed by atoms with Crippen molar-refractivity contribution in [2.45, 2.75) is 38.8 Å². The minimum Gasteiger partial charge on any atom is -0.460 e. The van der Waals surface area contributed by atoms with Gasteiger partial charge in [-0.3, -0.25) is 4.79 Å². The Morgan fingerprint density at radius 3 is 2.73 bits per heavy atom. The van der Waals surface area contributed by atoms with E-state index in [9.17, 15) is 4.79 Å². The summed E-state index contributed by atoms with van der Waals surface area (Å²) >= 11 is 1.56. The van der Waals surface area contributed by atoms with Crippen molar-refractivity contribution in [3.8, 4) is 0 Å². The first-order valence-electron chi connectivity index (χ1n) is 4.89. The average Bonchev–Trinajstić information content (AvgIpc) is 2.50. The summed E-state index contributed by atoms with van der Waals surface area (Å²) in [5.41, 5.74) is 5.43. The fraction of sp³-hybridized carbons (Fsp3) is 0.545. The molecule has 0 spiro atoms. The van der Waals surface area contributed by atoms with Gasteiger partial charge in [0.25, 0.3) is 0 Å². The Kier molecular flexibility index (Phi) is 3.88. The van der Waals surface area contributed by atoms with Crippen molar-refractivity contribution < 1.29 is 9.53 Å². The molecule has 1 unspecified atom stereocenters. The zero-order valence-electron chi connectivity index (χ0n) is 9.32. The van der Waals surface area contributed by atoms with Crippen LogP contribution in [0.25, 0.3) is 0 Å². The third-order valence-corrected chi connectivity index (χ3v) is 2.72. The number of carbonyl (C=O) groups is 1. The molecule has 0 saturated carbocycles. The van der Waals surface area contributed by atoms with Gasteiger partial charge in [-0.15, -0.1) is 11.3 Å². The topological polar surface area (TPSA) is 52.3 Å². The molecule has 0 aromatic carbocycles. The molecule has 84 valence electrons. The van der Waals surface area contributed by atoms with E-state index >= 15 is 0 Å². The van der Waals surface area contributed by atoms with E-state index < -0.39 is 5.60 Å². The van der Waals surface area contributed by atoms with Gasteiger partial charge in [-0.25, -0.2) is 0 Å². The summed E-state index contributed by atoms with van der Waals surface area (Å²) in [7, 11) is 0. The Morgan fingerprint density at radius 1 is 1.60 bits per heavy atom. The smallest absolute Gasteiger partial charge is 0.308 e. The number of carbonyl (C=O) groups excluding carboxylic acids is 1. The van der Waals surface area contributed by atoms with Crippen LogP contribution >= 0.6 is 11.3 Å². The number of nitrogens with two attached hydrogens (primary N) is 1. The van der Waals surface area contributed by atoms with Gasteiger partial charge in [0.1, 0.15) is 5.60 Å². The Bertz CT molecular complexity index is 314. The lowest BCUT2D eigenvalue weighted by Gasteiger charge is -2.20. The zero-order chi connectivity index (χ0) is 11.5. The van der Waals surface area contributed by atoms with Gasteiger partial charge in [-0.2, -0.15) is 0 Å². The molecule has 0 aliphatic heterocycles. The van der Waals surface area contributed by atoms with Crippen LogP contribution in [0, 0.1) is 0 Å². The summed E-state index contributed by atoms with van der Waals surface area (Å²) < 4.78 is 5.19. The molecule has 0 amide bonds. The molecule has 0 aliphatic carbocycles. The van der Waals surface area contributed by atoms with Crippen LogP contribution in [-0.2, 0) is 9.53 Å². The largest absolute Gasteiger partial charge is 0.460 e. The Hall–Kier alpha value is -0.870. The van der Waals surface area contributed by atoms with Crippen molar-refractivity contribution in [3.05, 3.63) is 22.4 Å². The fourth-order valence-corrected chi connectivity index (χ4v) is 1.90. The fourth-order valence-electron chi connectivity index (χ4n) is 1.17. The van der Waals surface area contributed by atoms with E-state index in [1.165, 1.54) is 0 Å². The highest BCUT2D eigenvalue weighted by Gasteiger charge is 2.19. The molecule has 2 N–H and O–H groups in total. The van der Waals surface area contributed by atoms with Gasteiger partial charge in [-0.1, -0.05) is 6.07 Å². The van der Waals surface area contributed by atoms with E-state index in [4.69, 9.17) is 10.5 Å². The summed E-state index contributed by atoms with van der Waals surface area (Å²) in [5, 5.41) is 1.95. The predicted molar refractivity (Wildman–Crippen MR) is 61.7 cm³/mol. The van der Waals surface area contributed by atoms with Crippen molar-refractivity contribution in [1.82, 2.24) is 0 Å². The van der Waals surface area contributed by atoms with Crippen LogP contribution in [0.2, 0.25) is 0 Å². The third-order valence-electron chi connectivity index (χ3n) is 1.72. The lowest BCUT2D eigenvalue weighted by molar-refractivity contribution is -0.155. The first-order chi connectivity index (χ1) is 6.88. The van der Waals surface area contributed by atoms with E-state index in [0.29, 0.717) is 0 Å². The Labute approximate surface area is 94.2 Å². The second kappa shape index (κ2) is 4.77. The van der Waals surface area contributed by atoms with Gasteiger partial charge < -0.3 is 10.5 Å². The van der Waals surface area contributed by atoms with Gasteiger partial charge in [0, 0.05) is 10.9 Å². The number of thiophene rings is 1. The highest BCUT2D eigenvalue weighted by atomic mass is 32.1. The number of hydrogen-bond acceptors (Lipinski definition) is 4. The van der Waals surface area contributed by atoms with Gasteiger partial charge in [0.15, 0.2) is 0 Å². The molecule has 0 aliphatic rings. The average molecular weight is 227 g/mol. The number of hydrogen-bond donors (Lipinski definition) is 1. The van der Waals surface area contributed by atoms with Crippen LogP contribution in [0.3, 0.4) is 0 Å². The molecule has 1 rings (SSSR count). The van der Waals surface area contributed by atoms with Crippen molar-refractivity contribution in [3.63, 3.8) is 0 Å². The minimum absolute atomic E-state index is 0.234. The van der Waals surface area contributed by atoms with Crippen LogP contribution in [0.1, 0.15) is 38.1 Å². The lowest BCUT2D eigenvalue weighted by Crippen LogP contribution is -2.26. The second-order valence-electron chi connectivity index (χ2n) is 4.41. The number of ether oxygens (including phenoxy) is 1. The highest BCUT2D eigenvalue weighted by Crippen LogP contribution is 2.21. The van der Waals surface area contributed by atoms with Crippen LogP contribution in [0.5, 0.6) is 0 Å². The molecule has 0 bridgehead atoms. The molecule has 0 radical (unpaired) electrons. The minimum atomic E-state index is -0.438. The van der Waals surface area contributed by atoms with Crippen molar-refractivity contribution in [2.75, 3.05) is 0 Å². The molecule has 4 heteroatoms. The maximum Gasteiger partial charge on any atom is 0.308 e. The van der Waals surface area contributed by atoms with E-state index in [-0.39, 0.29) is 18.4 Å². The van der Waals surface area contributed by atoms with Crippen molar-refractivity contribution in [2.24, 2.45) is 5.73 Å². The standard InChI is InChI=1S/C11H17NO2S/c1-11(2,3)14-10(13)7-8(12)9-5-4-6-15-9/h4-6,8H,7,12H2,1-3H3. The van der Waals surface area contributed by atoms with E-state index in [0.717, 1.165) is 4.88 Å². The Balaban J connectivity index is 2.45.